The first-order valence-corrected chi connectivity index (χ1v) is 8.06. The van der Waals surface area contributed by atoms with E-state index in [1.54, 1.807) is 11.0 Å². The van der Waals surface area contributed by atoms with E-state index in [1.165, 1.54) is 0 Å². The molecule has 1 aliphatic heterocycles. The van der Waals surface area contributed by atoms with Crippen molar-refractivity contribution in [3.8, 4) is 0 Å². The Morgan fingerprint density at radius 2 is 2.10 bits per heavy atom. The highest BCUT2D eigenvalue weighted by molar-refractivity contribution is 6.35. The van der Waals surface area contributed by atoms with Crippen molar-refractivity contribution in [2.75, 3.05) is 27.2 Å². The molecule has 0 bridgehead atoms. The van der Waals surface area contributed by atoms with Gasteiger partial charge in [-0.3, -0.25) is 9.69 Å². The van der Waals surface area contributed by atoms with Crippen LogP contribution in [0.4, 0.5) is 0 Å². The van der Waals surface area contributed by atoms with Crippen LogP contribution < -0.4 is 0 Å². The molecule has 0 radical (unpaired) electrons. The summed E-state index contributed by atoms with van der Waals surface area (Å²) in [5.41, 5.74) is 1.07. The van der Waals surface area contributed by atoms with Crippen LogP contribution in [-0.2, 0) is 4.79 Å². The van der Waals surface area contributed by atoms with Crippen LogP contribution in [-0.4, -0.2) is 42.9 Å². The van der Waals surface area contributed by atoms with Gasteiger partial charge in [-0.25, -0.2) is 0 Å². The molecule has 0 saturated carbocycles. The van der Waals surface area contributed by atoms with Gasteiger partial charge in [0.1, 0.15) is 0 Å². The molecule has 1 amide bonds. The zero-order chi connectivity index (χ0) is 15.6. The van der Waals surface area contributed by atoms with Crippen molar-refractivity contribution in [1.29, 1.82) is 0 Å². The number of benzene rings is 1. The van der Waals surface area contributed by atoms with Gasteiger partial charge < -0.3 is 4.90 Å². The lowest BCUT2D eigenvalue weighted by Crippen LogP contribution is -2.43. The van der Waals surface area contributed by atoms with E-state index >= 15 is 0 Å². The second-order valence-electron chi connectivity index (χ2n) is 5.91. The Morgan fingerprint density at radius 1 is 1.38 bits per heavy atom. The number of nitrogens with zero attached hydrogens (tertiary/aromatic N) is 2. The maximum absolute atomic E-state index is 12.2. The maximum atomic E-state index is 12.2. The van der Waals surface area contributed by atoms with Gasteiger partial charge in [-0.2, -0.15) is 0 Å². The number of halogens is 2. The van der Waals surface area contributed by atoms with Gasteiger partial charge in [-0.1, -0.05) is 29.3 Å². The summed E-state index contributed by atoms with van der Waals surface area (Å²) in [5, 5.41) is 1.34. The molecule has 5 heteroatoms. The molecule has 1 aromatic carbocycles. The molecule has 0 aromatic heterocycles. The minimum Gasteiger partial charge on any atom is -0.349 e. The zero-order valence-corrected chi connectivity index (χ0v) is 14.3. The van der Waals surface area contributed by atoms with Gasteiger partial charge in [0.2, 0.25) is 5.91 Å². The molecule has 2 atom stereocenters. The monoisotopic (exact) mass is 328 g/mol. The molecule has 1 saturated heterocycles. The molecule has 0 spiro atoms. The highest BCUT2D eigenvalue weighted by Crippen LogP contribution is 2.32. The van der Waals surface area contributed by atoms with Crippen LogP contribution in [0.3, 0.4) is 0 Å². The number of piperidine rings is 1. The highest BCUT2D eigenvalue weighted by Gasteiger charge is 2.30. The molecule has 3 nitrogen and oxygen atoms in total. The van der Waals surface area contributed by atoms with Crippen molar-refractivity contribution < 1.29 is 4.79 Å². The van der Waals surface area contributed by atoms with Crippen molar-refractivity contribution >= 4 is 29.1 Å². The third kappa shape index (κ3) is 3.91. The second-order valence-corrected chi connectivity index (χ2v) is 6.75. The first-order valence-electron chi connectivity index (χ1n) is 7.30. The van der Waals surface area contributed by atoms with Crippen molar-refractivity contribution in [3.05, 3.63) is 33.8 Å². The number of hydrogen-bond donors (Lipinski definition) is 0. The van der Waals surface area contributed by atoms with E-state index < -0.39 is 0 Å². The van der Waals surface area contributed by atoms with E-state index in [9.17, 15) is 4.79 Å². The van der Waals surface area contributed by atoms with E-state index in [-0.39, 0.29) is 17.9 Å². The first kappa shape index (κ1) is 16.6. The number of rotatable bonds is 3. The fourth-order valence-electron chi connectivity index (χ4n) is 2.96. The largest absolute Gasteiger partial charge is 0.349 e. The average Bonchev–Trinajstić information content (AvgIpc) is 2.46. The normalized spacial score (nSPS) is 21.1. The summed E-state index contributed by atoms with van der Waals surface area (Å²) >= 11 is 12.3. The van der Waals surface area contributed by atoms with Crippen LogP contribution in [0.25, 0.3) is 0 Å². The van der Waals surface area contributed by atoms with Crippen molar-refractivity contribution in [1.82, 2.24) is 9.80 Å². The third-order valence-corrected chi connectivity index (χ3v) is 4.77. The molecule has 1 heterocycles. The molecular weight excluding hydrogens is 307 g/mol. The first-order chi connectivity index (χ1) is 9.90. The van der Waals surface area contributed by atoms with Crippen LogP contribution in [0.1, 0.15) is 31.4 Å². The van der Waals surface area contributed by atoms with Gasteiger partial charge in [-0.15, -0.1) is 0 Å². The standard InChI is InChI=1S/C16H22Cl2N2O/c1-11(14-7-6-13(17)9-15(14)18)20-8-4-5-12(10-20)16(21)19(2)3/h6-7,9,11-12H,4-5,8,10H2,1-3H3. The smallest absolute Gasteiger partial charge is 0.226 e. The predicted molar refractivity (Wildman–Crippen MR) is 87.9 cm³/mol. The molecule has 116 valence electrons. The Balaban J connectivity index is 2.11. The van der Waals surface area contributed by atoms with E-state index in [0.29, 0.717) is 10.0 Å². The SMILES string of the molecule is CC(c1ccc(Cl)cc1Cl)N1CCCC(C(=O)N(C)C)C1. The van der Waals surface area contributed by atoms with E-state index in [2.05, 4.69) is 11.8 Å². The number of likely N-dealkylation sites (tertiary alicyclic amines) is 1. The van der Waals surface area contributed by atoms with Gasteiger partial charge in [-0.05, 0) is 44.0 Å². The lowest BCUT2D eigenvalue weighted by Gasteiger charge is -2.37. The maximum Gasteiger partial charge on any atom is 0.226 e. The topological polar surface area (TPSA) is 23.6 Å². The molecular formula is C16H22Cl2N2O. The van der Waals surface area contributed by atoms with E-state index in [0.717, 1.165) is 31.5 Å². The molecule has 0 aliphatic carbocycles. The number of carbonyl (C=O) groups excluding carboxylic acids is 1. The fraction of sp³-hybridized carbons (Fsp3) is 0.562. The predicted octanol–water partition coefficient (Wildman–Crippen LogP) is 3.85. The summed E-state index contributed by atoms with van der Waals surface area (Å²) in [6.07, 6.45) is 2.01. The van der Waals surface area contributed by atoms with Gasteiger partial charge >= 0.3 is 0 Å². The van der Waals surface area contributed by atoms with Crippen LogP contribution >= 0.6 is 23.2 Å². The van der Waals surface area contributed by atoms with Crippen molar-refractivity contribution in [2.45, 2.75) is 25.8 Å². The van der Waals surface area contributed by atoms with E-state index in [1.807, 2.05) is 26.2 Å². The minimum absolute atomic E-state index is 0.0854. The summed E-state index contributed by atoms with van der Waals surface area (Å²) in [7, 11) is 3.64. The highest BCUT2D eigenvalue weighted by atomic mass is 35.5. The Kier molecular flexibility index (Phi) is 5.53. The summed E-state index contributed by atoms with van der Waals surface area (Å²) in [5.74, 6) is 0.302. The second kappa shape index (κ2) is 6.99. The van der Waals surface area contributed by atoms with Crippen molar-refractivity contribution in [2.24, 2.45) is 5.92 Å². The lowest BCUT2D eigenvalue weighted by molar-refractivity contribution is -0.135. The Labute approximate surface area is 136 Å². The number of hydrogen-bond acceptors (Lipinski definition) is 2. The quantitative estimate of drug-likeness (QED) is 0.841. The fourth-order valence-corrected chi connectivity index (χ4v) is 3.53. The van der Waals surface area contributed by atoms with Gasteiger partial charge in [0, 0.05) is 36.7 Å². The van der Waals surface area contributed by atoms with Gasteiger partial charge in [0.05, 0.1) is 5.92 Å². The van der Waals surface area contributed by atoms with Crippen molar-refractivity contribution in [3.63, 3.8) is 0 Å². The summed E-state index contributed by atoms with van der Waals surface area (Å²) < 4.78 is 0. The molecule has 21 heavy (non-hydrogen) atoms. The average molecular weight is 329 g/mol. The van der Waals surface area contributed by atoms with Crippen LogP contribution in [0.2, 0.25) is 10.0 Å². The number of amides is 1. The Morgan fingerprint density at radius 3 is 2.71 bits per heavy atom. The zero-order valence-electron chi connectivity index (χ0n) is 12.8. The number of carbonyl (C=O) groups is 1. The molecule has 1 aromatic rings. The summed E-state index contributed by atoms with van der Waals surface area (Å²) in [6, 6.07) is 5.81. The molecule has 0 N–H and O–H groups in total. The third-order valence-electron chi connectivity index (χ3n) is 4.20. The van der Waals surface area contributed by atoms with Crippen LogP contribution in [0, 0.1) is 5.92 Å². The lowest BCUT2D eigenvalue weighted by atomic mass is 9.94. The molecule has 2 rings (SSSR count). The molecule has 1 fully saturated rings. The molecule has 1 aliphatic rings. The van der Waals surface area contributed by atoms with Crippen LogP contribution in [0.5, 0.6) is 0 Å². The van der Waals surface area contributed by atoms with Gasteiger partial charge in [0.15, 0.2) is 0 Å². The summed E-state index contributed by atoms with van der Waals surface area (Å²) in [6.45, 7) is 3.92. The summed E-state index contributed by atoms with van der Waals surface area (Å²) in [4.78, 5) is 16.2. The Bertz CT molecular complexity index is 519. The minimum atomic E-state index is 0.0854. The Hall–Kier alpha value is -0.770. The van der Waals surface area contributed by atoms with E-state index in [4.69, 9.17) is 23.2 Å². The van der Waals surface area contributed by atoms with Gasteiger partial charge in [0.25, 0.3) is 0 Å². The molecule has 2 unspecified atom stereocenters. The van der Waals surface area contributed by atoms with Crippen LogP contribution in [0.15, 0.2) is 18.2 Å².